The van der Waals surface area contributed by atoms with Crippen molar-refractivity contribution in [2.75, 3.05) is 6.61 Å². The molecule has 4 radical (unpaired) electrons. The zero-order chi connectivity index (χ0) is 20.8. The zero-order valence-electron chi connectivity index (χ0n) is 14.4. The first-order chi connectivity index (χ1) is 12.4. The minimum absolute atomic E-state index is 0.0735. The molecule has 0 fully saturated rings. The molecule has 0 saturated heterocycles. The highest BCUT2D eigenvalue weighted by Crippen LogP contribution is 2.26. The maximum atomic E-state index is 12.9. The van der Waals surface area contributed by atoms with E-state index in [2.05, 4.69) is 4.74 Å². The lowest BCUT2D eigenvalue weighted by atomic mass is 9.89. The van der Waals surface area contributed by atoms with Crippen LogP contribution in [-0.4, -0.2) is 52.5 Å². The molecule has 12 heteroatoms. The van der Waals surface area contributed by atoms with E-state index in [1.807, 2.05) is 0 Å². The fourth-order valence-corrected chi connectivity index (χ4v) is 2.23. The number of carbonyl (C=O) groups is 2. The number of hydrogen-bond donors (Lipinski definition) is 1. The van der Waals surface area contributed by atoms with Crippen molar-refractivity contribution in [3.05, 3.63) is 28.8 Å². The van der Waals surface area contributed by atoms with E-state index in [1.54, 1.807) is 19.1 Å². The van der Waals surface area contributed by atoms with Gasteiger partial charge >= 0.3 is 27.3 Å². The summed E-state index contributed by atoms with van der Waals surface area (Å²) in [6.45, 7) is -0.191. The van der Waals surface area contributed by atoms with Gasteiger partial charge in [-0.25, -0.2) is 0 Å². The Balaban J connectivity index is 2.63. The molecule has 27 heavy (non-hydrogen) atoms. The Hall–Kier alpha value is -1.94. The summed E-state index contributed by atoms with van der Waals surface area (Å²) in [6.07, 6.45) is -0.789. The maximum absolute atomic E-state index is 12.9. The third-order valence-corrected chi connectivity index (χ3v) is 4.27. The third kappa shape index (κ3) is 6.62. The molecule has 0 aliphatic heterocycles. The minimum atomic E-state index is -5.71. The summed E-state index contributed by atoms with van der Waals surface area (Å²) in [5.41, 5.74) is 1.91. The van der Waals surface area contributed by atoms with Crippen molar-refractivity contribution in [3.8, 4) is 5.75 Å². The molecule has 0 aliphatic carbocycles. The van der Waals surface area contributed by atoms with Crippen LogP contribution in [-0.2, 0) is 37.1 Å². The Morgan fingerprint density at radius 1 is 1.15 bits per heavy atom. The van der Waals surface area contributed by atoms with Crippen LogP contribution in [0.5, 0.6) is 5.75 Å². The van der Waals surface area contributed by atoms with Gasteiger partial charge in [0.05, 0.1) is 28.5 Å². The lowest BCUT2D eigenvalue weighted by Gasteiger charge is -2.14. The van der Waals surface area contributed by atoms with Crippen LogP contribution < -0.4 is 4.74 Å². The highest BCUT2D eigenvalue weighted by atomic mass is 32.2. The van der Waals surface area contributed by atoms with Gasteiger partial charge in [0, 0.05) is 0 Å². The Morgan fingerprint density at radius 2 is 1.74 bits per heavy atom. The number of carbonyl (C=O) groups excluding carboxylic acids is 2. The number of hydrogen-bond acceptors (Lipinski definition) is 6. The van der Waals surface area contributed by atoms with Crippen LogP contribution in [0.1, 0.15) is 29.5 Å². The van der Waals surface area contributed by atoms with E-state index in [1.165, 1.54) is 0 Å². The summed E-state index contributed by atoms with van der Waals surface area (Å²) in [7, 11) is 5.45. The first-order valence-electron chi connectivity index (χ1n) is 7.65. The smallest absolute Gasteiger partial charge is 0.402 e. The van der Waals surface area contributed by atoms with Crippen molar-refractivity contribution < 1.29 is 40.8 Å². The second kappa shape index (κ2) is 9.32. The van der Waals surface area contributed by atoms with E-state index in [-0.39, 0.29) is 18.4 Å². The number of aryl methyl sites for hydroxylation is 1. The Bertz CT molecular complexity index is 813. The van der Waals surface area contributed by atoms with E-state index in [9.17, 15) is 26.8 Å². The quantitative estimate of drug-likeness (QED) is 0.286. The standard InChI is InChI=1S/C15H16B2F2O7S/c1-9-4-10(6-16)5-11(7-17)14(9)26-13(21)3-2-12(20)25-8-15(18,19)27(22,23)24/h4-5H,2-3,6-8H2,1H3,(H,22,23,24). The van der Waals surface area contributed by atoms with Crippen LogP contribution in [0.25, 0.3) is 0 Å². The zero-order valence-corrected chi connectivity index (χ0v) is 15.2. The predicted octanol–water partition coefficient (Wildman–Crippen LogP) is 1.04. The molecule has 0 amide bonds. The van der Waals surface area contributed by atoms with Gasteiger partial charge in [0.2, 0.25) is 0 Å². The average molecular weight is 400 g/mol. The molecule has 1 aromatic carbocycles. The summed E-state index contributed by atoms with van der Waals surface area (Å²) >= 11 is 0. The molecule has 0 unspecified atom stereocenters. The Labute approximate surface area is 158 Å². The minimum Gasteiger partial charge on any atom is -0.458 e. The normalized spacial score (nSPS) is 11.9. The molecule has 7 nitrogen and oxygen atoms in total. The van der Waals surface area contributed by atoms with Crippen LogP contribution in [0.15, 0.2) is 12.1 Å². The van der Waals surface area contributed by atoms with E-state index >= 15 is 0 Å². The molecule has 0 aromatic heterocycles. The molecule has 144 valence electrons. The summed E-state index contributed by atoms with van der Waals surface area (Å²) in [5.74, 6) is -1.89. The topological polar surface area (TPSA) is 107 Å². The Kier molecular flexibility index (Phi) is 7.97. The van der Waals surface area contributed by atoms with Crippen molar-refractivity contribution >= 4 is 37.7 Å². The molecule has 0 heterocycles. The van der Waals surface area contributed by atoms with E-state index < -0.39 is 46.8 Å². The van der Waals surface area contributed by atoms with Crippen molar-refractivity contribution in [2.24, 2.45) is 0 Å². The van der Waals surface area contributed by atoms with Crippen molar-refractivity contribution in [3.63, 3.8) is 0 Å². The second-order valence-electron chi connectivity index (χ2n) is 5.56. The monoisotopic (exact) mass is 400 g/mol. The predicted molar refractivity (Wildman–Crippen MR) is 92.4 cm³/mol. The molecule has 1 aromatic rings. The van der Waals surface area contributed by atoms with Crippen LogP contribution in [0.3, 0.4) is 0 Å². The molecule has 0 atom stereocenters. The van der Waals surface area contributed by atoms with Gasteiger partial charge < -0.3 is 9.47 Å². The van der Waals surface area contributed by atoms with Crippen molar-refractivity contribution in [1.82, 2.24) is 0 Å². The van der Waals surface area contributed by atoms with E-state index in [0.29, 0.717) is 11.1 Å². The fraction of sp³-hybridized carbons (Fsp3) is 0.467. The van der Waals surface area contributed by atoms with Crippen LogP contribution in [0, 0.1) is 6.92 Å². The number of ether oxygens (including phenoxy) is 2. The number of benzene rings is 1. The lowest BCUT2D eigenvalue weighted by Crippen LogP contribution is -2.34. The van der Waals surface area contributed by atoms with Crippen LogP contribution in [0.2, 0.25) is 0 Å². The van der Waals surface area contributed by atoms with Crippen LogP contribution in [0.4, 0.5) is 8.78 Å². The van der Waals surface area contributed by atoms with Gasteiger partial charge in [-0.1, -0.05) is 30.3 Å². The highest BCUT2D eigenvalue weighted by molar-refractivity contribution is 7.86. The first kappa shape index (κ1) is 23.1. The number of alkyl halides is 2. The summed E-state index contributed by atoms with van der Waals surface area (Å²) in [4.78, 5) is 23.2. The molecular weight excluding hydrogens is 384 g/mol. The maximum Gasteiger partial charge on any atom is 0.402 e. The average Bonchev–Trinajstić information content (AvgIpc) is 2.58. The third-order valence-electron chi connectivity index (χ3n) is 3.39. The van der Waals surface area contributed by atoms with E-state index in [0.717, 1.165) is 5.56 Å². The van der Waals surface area contributed by atoms with E-state index in [4.69, 9.17) is 25.0 Å². The molecule has 1 N–H and O–H groups in total. The summed E-state index contributed by atoms with van der Waals surface area (Å²) < 4.78 is 64.2. The lowest BCUT2D eigenvalue weighted by molar-refractivity contribution is -0.151. The summed E-state index contributed by atoms with van der Waals surface area (Å²) in [5, 5.41) is -4.64. The number of halogens is 2. The molecule has 1 rings (SSSR count). The Morgan fingerprint density at radius 3 is 2.26 bits per heavy atom. The second-order valence-corrected chi connectivity index (χ2v) is 7.10. The van der Waals surface area contributed by atoms with Crippen LogP contribution >= 0.6 is 0 Å². The van der Waals surface area contributed by atoms with Gasteiger partial charge in [0.1, 0.15) is 5.75 Å². The van der Waals surface area contributed by atoms with Gasteiger partial charge in [-0.15, -0.1) is 0 Å². The molecule has 0 saturated carbocycles. The highest BCUT2D eigenvalue weighted by Gasteiger charge is 2.45. The first-order valence-corrected chi connectivity index (χ1v) is 9.09. The van der Waals surface area contributed by atoms with Crippen molar-refractivity contribution in [2.45, 2.75) is 37.7 Å². The SMILES string of the molecule is [B]Cc1cc(C)c(OC(=O)CCC(=O)OCC(F)(F)S(=O)(=O)O)c(C[B])c1. The van der Waals surface area contributed by atoms with Crippen molar-refractivity contribution in [1.29, 1.82) is 0 Å². The van der Waals surface area contributed by atoms with Gasteiger partial charge in [-0.2, -0.15) is 17.2 Å². The number of rotatable bonds is 9. The number of esters is 2. The largest absolute Gasteiger partial charge is 0.458 e. The van der Waals surface area contributed by atoms with Gasteiger partial charge in [0.25, 0.3) is 0 Å². The van der Waals surface area contributed by atoms with Gasteiger partial charge in [-0.05, 0) is 18.1 Å². The molecule has 0 aliphatic rings. The summed E-state index contributed by atoms with van der Waals surface area (Å²) in [6, 6.07) is 3.37. The van der Waals surface area contributed by atoms with Gasteiger partial charge in [0.15, 0.2) is 6.61 Å². The van der Waals surface area contributed by atoms with Gasteiger partial charge in [-0.3, -0.25) is 14.1 Å². The molecule has 0 bridgehead atoms. The fourth-order valence-electron chi connectivity index (χ4n) is 2.02. The molecular formula is C15H16B2F2O7S. The molecule has 0 spiro atoms.